The number of rotatable bonds is 13. The summed E-state index contributed by atoms with van der Waals surface area (Å²) in [7, 11) is -0.941. The molecular weight excluding hydrogens is 735 g/mol. The second-order valence-electron chi connectivity index (χ2n) is 16.9. The first-order valence-corrected chi connectivity index (χ1v) is 23.2. The molecule has 3 aliphatic heterocycles. The standard InChI is InChI=1S/C46H59N3O7Si/c1-29(2)12-11-13-30(3)22-23-48-40-21-16-35(47-44(53)32(5)51)25-39(40)46(45(48)54)31(4)43(57(7,8)38-19-17-37(55-6)18-20-38)41(56-46)26-42(52)49-27-34-15-10-9-14-33(34)24-36(49)28-50/h9-10,12,14-22,25,31-32,36,41,43,50-51H,11,13,23-24,26-28H2,1-8H3,(H,47,53)/b30-22+/t31-,32-,36-,41+,43-,46+/m0/s1. The topological polar surface area (TPSA) is 129 Å². The van der Waals surface area contributed by atoms with Crippen LogP contribution in [0.2, 0.25) is 18.6 Å². The molecule has 11 heteroatoms. The van der Waals surface area contributed by atoms with Crippen LogP contribution in [-0.2, 0) is 37.7 Å². The molecule has 1 fully saturated rings. The molecule has 6 atom stereocenters. The van der Waals surface area contributed by atoms with Gasteiger partial charge in [-0.05, 0) is 94.0 Å². The minimum Gasteiger partial charge on any atom is -0.497 e. The number of hydrogen-bond acceptors (Lipinski definition) is 7. The second kappa shape index (κ2) is 17.1. The van der Waals surface area contributed by atoms with Gasteiger partial charge in [0.2, 0.25) is 5.91 Å². The lowest BCUT2D eigenvalue weighted by molar-refractivity contribution is -0.150. The third-order valence-electron chi connectivity index (χ3n) is 12.5. The van der Waals surface area contributed by atoms with Gasteiger partial charge < -0.3 is 34.8 Å². The zero-order valence-electron chi connectivity index (χ0n) is 34.7. The van der Waals surface area contributed by atoms with Crippen LogP contribution < -0.4 is 20.1 Å². The maximum atomic E-state index is 15.3. The highest BCUT2D eigenvalue weighted by Crippen LogP contribution is 2.60. The van der Waals surface area contributed by atoms with Gasteiger partial charge in [0.15, 0.2) is 5.60 Å². The van der Waals surface area contributed by atoms with Gasteiger partial charge in [-0.25, -0.2) is 0 Å². The van der Waals surface area contributed by atoms with E-state index in [4.69, 9.17) is 9.47 Å². The van der Waals surface area contributed by atoms with Crippen LogP contribution in [0.25, 0.3) is 0 Å². The van der Waals surface area contributed by atoms with Gasteiger partial charge in [0.1, 0.15) is 11.9 Å². The smallest absolute Gasteiger partial charge is 0.264 e. The fourth-order valence-electron chi connectivity index (χ4n) is 9.29. The van der Waals surface area contributed by atoms with Crippen LogP contribution in [0, 0.1) is 5.92 Å². The van der Waals surface area contributed by atoms with Crippen LogP contribution in [0.1, 0.15) is 70.6 Å². The molecule has 3 aromatic rings. The Morgan fingerprint density at radius 2 is 1.75 bits per heavy atom. The quantitative estimate of drug-likeness (QED) is 0.131. The number of methoxy groups -OCH3 is 1. The van der Waals surface area contributed by atoms with Gasteiger partial charge in [-0.2, -0.15) is 0 Å². The van der Waals surface area contributed by atoms with Crippen molar-refractivity contribution in [3.05, 3.63) is 107 Å². The van der Waals surface area contributed by atoms with Crippen LogP contribution in [0.4, 0.5) is 11.4 Å². The summed E-state index contributed by atoms with van der Waals surface area (Å²) in [5.74, 6) is -0.517. The molecule has 3 heterocycles. The monoisotopic (exact) mass is 793 g/mol. The number of nitrogens with one attached hydrogen (secondary N) is 1. The van der Waals surface area contributed by atoms with E-state index in [9.17, 15) is 19.8 Å². The van der Waals surface area contributed by atoms with Crippen molar-refractivity contribution in [1.82, 2.24) is 4.90 Å². The molecule has 0 unspecified atom stereocenters. The predicted molar refractivity (Wildman–Crippen MR) is 227 cm³/mol. The number of amides is 3. The summed E-state index contributed by atoms with van der Waals surface area (Å²) in [6.45, 7) is 14.9. The lowest BCUT2D eigenvalue weighted by Gasteiger charge is -2.39. The van der Waals surface area contributed by atoms with Crippen LogP contribution in [-0.4, -0.2) is 79.4 Å². The number of fused-ring (bicyclic) bond motifs is 3. The van der Waals surface area contributed by atoms with Gasteiger partial charge in [0.25, 0.3) is 11.8 Å². The van der Waals surface area contributed by atoms with E-state index in [0.717, 1.165) is 34.9 Å². The van der Waals surface area contributed by atoms with Crippen molar-refractivity contribution in [2.24, 2.45) is 5.92 Å². The highest BCUT2D eigenvalue weighted by molar-refractivity contribution is 6.91. The minimum absolute atomic E-state index is 0.0342. The number of allylic oxidation sites excluding steroid dienone is 3. The molecular formula is C46H59N3O7Si. The van der Waals surface area contributed by atoms with Gasteiger partial charge in [0, 0.05) is 30.3 Å². The molecule has 3 aromatic carbocycles. The third-order valence-corrected chi connectivity index (χ3v) is 16.8. The van der Waals surface area contributed by atoms with Crippen molar-refractivity contribution < 1.29 is 34.1 Å². The lowest BCUT2D eigenvalue weighted by Crippen LogP contribution is -2.52. The summed E-state index contributed by atoms with van der Waals surface area (Å²) in [6.07, 6.45) is 4.81. The number of carbonyl (C=O) groups excluding carboxylic acids is 3. The summed E-state index contributed by atoms with van der Waals surface area (Å²) < 4.78 is 12.8. The molecule has 1 saturated heterocycles. The van der Waals surface area contributed by atoms with Gasteiger partial charge in [-0.15, -0.1) is 0 Å². The highest BCUT2D eigenvalue weighted by Gasteiger charge is 2.66. The fourth-order valence-corrected chi connectivity index (χ4v) is 13.3. The molecule has 1 spiro atoms. The molecule has 57 heavy (non-hydrogen) atoms. The van der Waals surface area contributed by atoms with Crippen LogP contribution in [0.5, 0.6) is 5.75 Å². The summed E-state index contributed by atoms with van der Waals surface area (Å²) >= 11 is 0. The zero-order valence-corrected chi connectivity index (χ0v) is 35.7. The number of hydrogen-bond donors (Lipinski definition) is 3. The molecule has 304 valence electrons. The summed E-state index contributed by atoms with van der Waals surface area (Å²) in [4.78, 5) is 46.2. The molecule has 3 N–H and O–H groups in total. The predicted octanol–water partition coefficient (Wildman–Crippen LogP) is 6.61. The highest BCUT2D eigenvalue weighted by atomic mass is 28.3. The van der Waals surface area contributed by atoms with Crippen LogP contribution >= 0.6 is 0 Å². The maximum absolute atomic E-state index is 15.3. The Morgan fingerprint density at radius 3 is 2.40 bits per heavy atom. The number of benzene rings is 3. The van der Waals surface area contributed by atoms with E-state index in [1.165, 1.54) is 18.1 Å². The van der Waals surface area contributed by atoms with E-state index in [1.54, 1.807) is 23.0 Å². The molecule has 3 amide bonds. The fraction of sp³-hybridized carbons (Fsp3) is 0.457. The van der Waals surface area contributed by atoms with Crippen molar-refractivity contribution in [2.75, 3.05) is 30.5 Å². The summed E-state index contributed by atoms with van der Waals surface area (Å²) in [5, 5.41) is 24.5. The maximum Gasteiger partial charge on any atom is 0.264 e. The number of aliphatic hydroxyl groups is 2. The van der Waals surface area contributed by atoms with E-state index in [2.05, 4.69) is 76.5 Å². The molecule has 10 nitrogen and oxygen atoms in total. The van der Waals surface area contributed by atoms with Crippen LogP contribution in [0.3, 0.4) is 0 Å². The largest absolute Gasteiger partial charge is 0.497 e. The Kier molecular flexibility index (Phi) is 12.6. The number of nitrogens with zero attached hydrogens (tertiary/aromatic N) is 2. The Balaban J connectivity index is 1.44. The van der Waals surface area contributed by atoms with E-state index in [1.807, 2.05) is 42.5 Å². The Bertz CT molecular complexity index is 2040. The first-order valence-electron chi connectivity index (χ1n) is 20.2. The molecule has 0 radical (unpaired) electrons. The van der Waals surface area contributed by atoms with Crippen molar-refractivity contribution in [2.45, 2.75) is 109 Å². The molecule has 3 aliphatic rings. The summed E-state index contributed by atoms with van der Waals surface area (Å²) in [5.41, 5.74) is 4.73. The van der Waals surface area contributed by atoms with Gasteiger partial charge >= 0.3 is 0 Å². The lowest BCUT2D eigenvalue weighted by atomic mass is 9.82. The van der Waals surface area contributed by atoms with E-state index in [0.29, 0.717) is 36.4 Å². The molecule has 6 rings (SSSR count). The van der Waals surface area contributed by atoms with E-state index < -0.39 is 31.8 Å². The molecule has 0 bridgehead atoms. The van der Waals surface area contributed by atoms with Crippen molar-refractivity contribution in [3.8, 4) is 5.75 Å². The van der Waals surface area contributed by atoms with E-state index >= 15 is 4.79 Å². The first-order chi connectivity index (χ1) is 27.1. The minimum atomic E-state index is -2.58. The summed E-state index contributed by atoms with van der Waals surface area (Å²) in [6, 6.07) is 21.2. The van der Waals surface area contributed by atoms with Crippen LogP contribution in [0.15, 0.2) is 90.0 Å². The molecule has 0 saturated carbocycles. The molecule has 0 aliphatic carbocycles. The van der Waals surface area contributed by atoms with Crippen molar-refractivity contribution >= 4 is 42.4 Å². The number of ether oxygens (including phenoxy) is 2. The van der Waals surface area contributed by atoms with Crippen molar-refractivity contribution in [1.29, 1.82) is 0 Å². The van der Waals surface area contributed by atoms with Gasteiger partial charge in [-0.1, -0.05) is 84.9 Å². The average Bonchev–Trinajstić information content (AvgIpc) is 3.61. The Labute approximate surface area is 338 Å². The van der Waals surface area contributed by atoms with Crippen molar-refractivity contribution in [3.63, 3.8) is 0 Å². The average molecular weight is 794 g/mol. The van der Waals surface area contributed by atoms with Gasteiger partial charge in [0.05, 0.1) is 46.0 Å². The third kappa shape index (κ3) is 8.25. The van der Waals surface area contributed by atoms with Gasteiger partial charge in [-0.3, -0.25) is 14.4 Å². The first kappa shape index (κ1) is 42.1. The molecule has 0 aromatic heterocycles. The normalized spacial score (nSPS) is 23.6. The van der Waals surface area contributed by atoms with E-state index in [-0.39, 0.29) is 42.3 Å². The Hall–Kier alpha value is -4.55. The second-order valence-corrected chi connectivity index (χ2v) is 21.6. The SMILES string of the molecule is COc1ccc([Si](C)(C)[C@@H]2[C@@H](CC(=O)N3Cc4ccccc4C[C@H]3CO)O[C@]3(C(=O)N(C/C=C(\C)CCC=C(C)C)c4ccc(NC(=O)[C@H](C)O)cc43)[C@H]2C)cc1. The zero-order chi connectivity index (χ0) is 41.2. The number of aliphatic hydroxyl groups excluding tert-OH is 2. The Morgan fingerprint density at radius 1 is 1.05 bits per heavy atom. The number of anilines is 2. The number of carbonyl (C=O) groups is 3.